The number of anilines is 1. The lowest BCUT2D eigenvalue weighted by molar-refractivity contribution is -0.123. The smallest absolute Gasteiger partial charge is 0.271 e. The van der Waals surface area contributed by atoms with E-state index in [4.69, 9.17) is 15.3 Å². The Morgan fingerprint density at radius 3 is 2.12 bits per heavy atom. The normalized spacial score (nSPS) is 10.8. The Morgan fingerprint density at radius 1 is 1.00 bits per heavy atom. The zero-order valence-electron chi connectivity index (χ0n) is 13.6. The molecular weight excluding hydrogens is 346 g/mol. The lowest BCUT2D eigenvalue weighted by Gasteiger charge is -2.10. The topological polar surface area (TPSA) is 120 Å². The van der Waals surface area contributed by atoms with Crippen molar-refractivity contribution in [3.8, 4) is 11.5 Å². The molecule has 9 heteroatoms. The molecule has 0 unspecified atom stereocenters. The molecule has 0 aliphatic carbocycles. The van der Waals surface area contributed by atoms with Crippen molar-refractivity contribution >= 4 is 21.6 Å². The maximum atomic E-state index is 12.4. The fourth-order valence-corrected chi connectivity index (χ4v) is 2.96. The molecule has 0 spiro atoms. The van der Waals surface area contributed by atoms with Gasteiger partial charge in [0.2, 0.25) is 0 Å². The highest BCUT2D eigenvalue weighted by Crippen LogP contribution is 2.21. The van der Waals surface area contributed by atoms with Crippen LogP contribution in [0.3, 0.4) is 0 Å². The zero-order chi connectivity index (χ0) is 18.3. The summed E-state index contributed by atoms with van der Waals surface area (Å²) in [6, 6.07) is 12.3. The summed E-state index contributed by atoms with van der Waals surface area (Å²) >= 11 is 0. The van der Waals surface area contributed by atoms with Gasteiger partial charge in [-0.05, 0) is 55.5 Å². The van der Waals surface area contributed by atoms with E-state index in [1.807, 2.05) is 12.3 Å². The Bertz CT molecular complexity index is 805. The van der Waals surface area contributed by atoms with E-state index in [-0.39, 0.29) is 11.5 Å². The summed E-state index contributed by atoms with van der Waals surface area (Å²) in [5, 5.41) is 0. The number of ether oxygens (including phenoxy) is 2. The average Bonchev–Trinajstić information content (AvgIpc) is 2.61. The van der Waals surface area contributed by atoms with Gasteiger partial charge in [-0.2, -0.15) is 0 Å². The molecule has 8 nitrogen and oxygen atoms in total. The van der Waals surface area contributed by atoms with Gasteiger partial charge in [0, 0.05) is 5.69 Å². The third kappa shape index (κ3) is 5.37. The first kappa shape index (κ1) is 18.6. The number of rotatable bonds is 8. The Balaban J connectivity index is 2.04. The molecule has 2 aromatic carbocycles. The molecule has 0 saturated heterocycles. The van der Waals surface area contributed by atoms with E-state index in [2.05, 4.69) is 4.72 Å². The summed E-state index contributed by atoms with van der Waals surface area (Å²) in [6.45, 7) is 2.14. The minimum Gasteiger partial charge on any atom is -0.494 e. The van der Waals surface area contributed by atoms with Gasteiger partial charge in [-0.25, -0.2) is 14.3 Å². The summed E-state index contributed by atoms with van der Waals surface area (Å²) in [5.74, 6) is 5.46. The molecule has 2 aromatic rings. The first-order valence-corrected chi connectivity index (χ1v) is 8.91. The van der Waals surface area contributed by atoms with Crippen LogP contribution < -0.4 is 25.5 Å². The summed E-state index contributed by atoms with van der Waals surface area (Å²) < 4.78 is 37.7. The molecule has 0 heterocycles. The van der Waals surface area contributed by atoms with E-state index >= 15 is 0 Å². The van der Waals surface area contributed by atoms with Crippen molar-refractivity contribution < 1.29 is 22.7 Å². The first-order valence-electron chi connectivity index (χ1n) is 7.42. The van der Waals surface area contributed by atoms with Gasteiger partial charge in [-0.3, -0.25) is 14.9 Å². The van der Waals surface area contributed by atoms with Crippen LogP contribution in [0.1, 0.15) is 6.92 Å². The number of carbonyl (C=O) groups excluding carboxylic acids is 1. The third-order valence-corrected chi connectivity index (χ3v) is 4.48. The Kier molecular flexibility index (Phi) is 6.20. The number of hydrazine groups is 1. The van der Waals surface area contributed by atoms with Gasteiger partial charge in [0.15, 0.2) is 6.61 Å². The van der Waals surface area contributed by atoms with E-state index < -0.39 is 15.9 Å². The van der Waals surface area contributed by atoms with Gasteiger partial charge in [0.05, 0.1) is 11.5 Å². The number of carbonyl (C=O) groups is 1. The minimum atomic E-state index is -3.74. The SMILES string of the molecule is CCOc1ccc(NS(=O)(=O)c2ccc(OCC(=O)NN)cc2)cc1. The average molecular weight is 365 g/mol. The number of nitrogens with one attached hydrogen (secondary N) is 2. The Morgan fingerprint density at radius 2 is 1.56 bits per heavy atom. The van der Waals surface area contributed by atoms with Gasteiger partial charge < -0.3 is 9.47 Å². The number of hydrogen-bond donors (Lipinski definition) is 3. The van der Waals surface area contributed by atoms with E-state index in [1.165, 1.54) is 24.3 Å². The molecule has 0 aromatic heterocycles. The van der Waals surface area contributed by atoms with Gasteiger partial charge in [0.25, 0.3) is 15.9 Å². The fraction of sp³-hybridized carbons (Fsp3) is 0.188. The molecule has 0 aliphatic rings. The van der Waals surface area contributed by atoms with Gasteiger partial charge in [-0.1, -0.05) is 0 Å². The molecule has 0 saturated carbocycles. The van der Waals surface area contributed by atoms with E-state index in [9.17, 15) is 13.2 Å². The Hall–Kier alpha value is -2.78. The van der Waals surface area contributed by atoms with Crippen LogP contribution >= 0.6 is 0 Å². The molecule has 2 rings (SSSR count). The summed E-state index contributed by atoms with van der Waals surface area (Å²) in [5.41, 5.74) is 2.35. The third-order valence-electron chi connectivity index (χ3n) is 3.08. The van der Waals surface area contributed by atoms with Crippen molar-refractivity contribution in [2.45, 2.75) is 11.8 Å². The molecule has 134 valence electrons. The summed E-state index contributed by atoms with van der Waals surface area (Å²) in [6.07, 6.45) is 0. The molecule has 1 amide bonds. The number of amides is 1. The molecular formula is C16H19N3O5S. The zero-order valence-corrected chi connectivity index (χ0v) is 14.4. The van der Waals surface area contributed by atoms with Crippen molar-refractivity contribution in [1.29, 1.82) is 0 Å². The quantitative estimate of drug-likeness (QED) is 0.368. The molecule has 0 bridgehead atoms. The van der Waals surface area contributed by atoms with E-state index in [0.29, 0.717) is 23.8 Å². The van der Waals surface area contributed by atoms with E-state index in [1.54, 1.807) is 24.3 Å². The van der Waals surface area contributed by atoms with Crippen LogP contribution in [0.15, 0.2) is 53.4 Å². The molecule has 0 atom stereocenters. The van der Waals surface area contributed by atoms with Crippen LogP contribution in [0.5, 0.6) is 11.5 Å². The first-order chi connectivity index (χ1) is 11.9. The maximum absolute atomic E-state index is 12.4. The number of nitrogens with two attached hydrogens (primary N) is 1. The largest absolute Gasteiger partial charge is 0.494 e. The Labute approximate surface area is 146 Å². The van der Waals surface area contributed by atoms with Crippen LogP contribution in [-0.2, 0) is 14.8 Å². The van der Waals surface area contributed by atoms with Crippen molar-refractivity contribution in [2.24, 2.45) is 5.84 Å². The van der Waals surface area contributed by atoms with Gasteiger partial charge >= 0.3 is 0 Å². The van der Waals surface area contributed by atoms with Crippen molar-refractivity contribution in [1.82, 2.24) is 5.43 Å². The number of hydrogen-bond acceptors (Lipinski definition) is 6. The highest BCUT2D eigenvalue weighted by molar-refractivity contribution is 7.92. The maximum Gasteiger partial charge on any atom is 0.271 e. The number of benzene rings is 2. The van der Waals surface area contributed by atoms with Crippen LogP contribution in [0.2, 0.25) is 0 Å². The second-order valence-corrected chi connectivity index (χ2v) is 6.57. The van der Waals surface area contributed by atoms with Crippen LogP contribution in [-0.4, -0.2) is 27.5 Å². The standard InChI is InChI=1S/C16H19N3O5S/c1-2-23-13-5-3-12(4-6-13)19-25(21,22)15-9-7-14(8-10-15)24-11-16(20)18-17/h3-10,19H,2,11,17H2,1H3,(H,18,20). The predicted octanol–water partition coefficient (Wildman–Crippen LogP) is 1.25. The van der Waals surface area contributed by atoms with Gasteiger partial charge in [0.1, 0.15) is 11.5 Å². The second-order valence-electron chi connectivity index (χ2n) is 4.89. The van der Waals surface area contributed by atoms with Crippen LogP contribution in [0.25, 0.3) is 0 Å². The molecule has 0 radical (unpaired) electrons. The molecule has 0 aliphatic heterocycles. The van der Waals surface area contributed by atoms with Crippen LogP contribution in [0, 0.1) is 0 Å². The minimum absolute atomic E-state index is 0.0667. The van der Waals surface area contributed by atoms with Crippen molar-refractivity contribution in [2.75, 3.05) is 17.9 Å². The molecule has 4 N–H and O–H groups in total. The predicted molar refractivity (Wildman–Crippen MR) is 92.7 cm³/mol. The highest BCUT2D eigenvalue weighted by atomic mass is 32.2. The lowest BCUT2D eigenvalue weighted by Crippen LogP contribution is -2.34. The molecule has 0 fully saturated rings. The lowest BCUT2D eigenvalue weighted by atomic mass is 10.3. The number of sulfonamides is 1. The second kappa shape index (κ2) is 8.36. The van der Waals surface area contributed by atoms with Gasteiger partial charge in [-0.15, -0.1) is 0 Å². The monoisotopic (exact) mass is 365 g/mol. The summed E-state index contributed by atoms with van der Waals surface area (Å²) in [4.78, 5) is 11.1. The van der Waals surface area contributed by atoms with Crippen LogP contribution in [0.4, 0.5) is 5.69 Å². The van der Waals surface area contributed by atoms with Crippen molar-refractivity contribution in [3.63, 3.8) is 0 Å². The summed E-state index contributed by atoms with van der Waals surface area (Å²) in [7, 11) is -3.74. The highest BCUT2D eigenvalue weighted by Gasteiger charge is 2.14. The molecule has 25 heavy (non-hydrogen) atoms. The fourth-order valence-electron chi connectivity index (χ4n) is 1.91. The van der Waals surface area contributed by atoms with Crippen molar-refractivity contribution in [3.05, 3.63) is 48.5 Å². The van der Waals surface area contributed by atoms with E-state index in [0.717, 1.165) is 0 Å².